The first-order valence-electron chi connectivity index (χ1n) is 11.0. The van der Waals surface area contributed by atoms with Crippen molar-refractivity contribution in [3.8, 4) is 0 Å². The first-order chi connectivity index (χ1) is 14.9. The third-order valence-corrected chi connectivity index (χ3v) is 5.68. The van der Waals surface area contributed by atoms with E-state index in [1.54, 1.807) is 6.07 Å². The summed E-state index contributed by atoms with van der Waals surface area (Å²) >= 11 is 0. The minimum atomic E-state index is -0.205. The van der Waals surface area contributed by atoms with Crippen molar-refractivity contribution >= 4 is 11.6 Å². The number of rotatable bonds is 7. The van der Waals surface area contributed by atoms with E-state index >= 15 is 0 Å². The van der Waals surface area contributed by atoms with Crippen molar-refractivity contribution in [2.45, 2.75) is 46.7 Å². The number of guanidine groups is 1. The molecule has 2 aromatic rings. The van der Waals surface area contributed by atoms with E-state index < -0.39 is 0 Å². The molecular formula is C23H35FN6O. The fourth-order valence-electron chi connectivity index (χ4n) is 3.90. The first-order valence-corrected chi connectivity index (χ1v) is 11.0. The van der Waals surface area contributed by atoms with E-state index in [9.17, 15) is 4.39 Å². The molecule has 8 heteroatoms. The van der Waals surface area contributed by atoms with Gasteiger partial charge in [-0.1, -0.05) is 6.07 Å². The number of halogens is 1. The summed E-state index contributed by atoms with van der Waals surface area (Å²) in [5, 5.41) is 11.2. The summed E-state index contributed by atoms with van der Waals surface area (Å²) in [6.07, 6.45) is 0.860. The van der Waals surface area contributed by atoms with Crippen LogP contribution in [0.5, 0.6) is 0 Å². The summed E-state index contributed by atoms with van der Waals surface area (Å²) < 4.78 is 21.9. The van der Waals surface area contributed by atoms with Gasteiger partial charge in [0.25, 0.3) is 0 Å². The molecule has 0 bridgehead atoms. The van der Waals surface area contributed by atoms with Gasteiger partial charge in [-0.15, -0.1) is 0 Å². The normalized spacial score (nSPS) is 15.8. The fourth-order valence-corrected chi connectivity index (χ4v) is 3.90. The zero-order valence-electron chi connectivity index (χ0n) is 19.3. The van der Waals surface area contributed by atoms with Crippen molar-refractivity contribution in [1.82, 2.24) is 20.4 Å². The molecule has 0 saturated carbocycles. The minimum absolute atomic E-state index is 0.180. The maximum absolute atomic E-state index is 14.7. The molecule has 1 aliphatic heterocycles. The van der Waals surface area contributed by atoms with Crippen molar-refractivity contribution in [2.75, 3.05) is 37.7 Å². The van der Waals surface area contributed by atoms with Crippen molar-refractivity contribution in [3.05, 3.63) is 46.5 Å². The predicted molar refractivity (Wildman–Crippen MR) is 123 cm³/mol. The zero-order chi connectivity index (χ0) is 22.4. The van der Waals surface area contributed by atoms with Gasteiger partial charge in [0.15, 0.2) is 5.96 Å². The maximum Gasteiger partial charge on any atom is 0.191 e. The van der Waals surface area contributed by atoms with Gasteiger partial charge < -0.3 is 20.3 Å². The van der Waals surface area contributed by atoms with Crippen LogP contribution in [0.2, 0.25) is 0 Å². The van der Waals surface area contributed by atoms with Crippen LogP contribution in [-0.4, -0.2) is 54.6 Å². The molecule has 7 nitrogen and oxygen atoms in total. The van der Waals surface area contributed by atoms with Crippen LogP contribution in [0.15, 0.2) is 23.2 Å². The molecule has 0 amide bonds. The summed E-state index contributed by atoms with van der Waals surface area (Å²) in [5.41, 5.74) is 4.99. The van der Waals surface area contributed by atoms with Crippen LogP contribution >= 0.6 is 0 Å². The van der Waals surface area contributed by atoms with E-state index in [0.29, 0.717) is 25.4 Å². The molecule has 31 heavy (non-hydrogen) atoms. The Morgan fingerprint density at radius 2 is 2.03 bits per heavy atom. The smallest absolute Gasteiger partial charge is 0.191 e. The zero-order valence-corrected chi connectivity index (χ0v) is 19.3. The van der Waals surface area contributed by atoms with Crippen LogP contribution in [0.4, 0.5) is 10.1 Å². The van der Waals surface area contributed by atoms with Crippen molar-refractivity contribution in [3.63, 3.8) is 0 Å². The van der Waals surface area contributed by atoms with Gasteiger partial charge in [-0.3, -0.25) is 4.68 Å². The molecule has 2 heterocycles. The number of ether oxygens (including phenoxy) is 1. The Labute approximate surface area is 184 Å². The van der Waals surface area contributed by atoms with Crippen LogP contribution in [-0.2, 0) is 24.8 Å². The Morgan fingerprint density at radius 1 is 1.29 bits per heavy atom. The highest BCUT2D eigenvalue weighted by molar-refractivity contribution is 5.80. The molecule has 2 N–H and O–H groups in total. The second-order valence-corrected chi connectivity index (χ2v) is 8.10. The molecule has 1 atom stereocenters. The van der Waals surface area contributed by atoms with Crippen molar-refractivity contribution in [1.29, 1.82) is 0 Å². The van der Waals surface area contributed by atoms with Crippen LogP contribution in [0.1, 0.15) is 36.4 Å². The molecule has 1 unspecified atom stereocenters. The van der Waals surface area contributed by atoms with Gasteiger partial charge in [0.1, 0.15) is 5.82 Å². The third-order valence-electron chi connectivity index (χ3n) is 5.68. The monoisotopic (exact) mass is 430 g/mol. The Kier molecular flexibility index (Phi) is 7.90. The summed E-state index contributed by atoms with van der Waals surface area (Å²) in [7, 11) is 1.97. The van der Waals surface area contributed by atoms with Crippen molar-refractivity contribution in [2.24, 2.45) is 12.0 Å². The summed E-state index contributed by atoms with van der Waals surface area (Å²) in [6, 6.07) is 5.57. The van der Waals surface area contributed by atoms with Gasteiger partial charge in [-0.25, -0.2) is 9.38 Å². The second-order valence-electron chi connectivity index (χ2n) is 8.10. The third kappa shape index (κ3) is 5.97. The summed E-state index contributed by atoms with van der Waals surface area (Å²) in [5.74, 6) is 0.523. The van der Waals surface area contributed by atoms with Gasteiger partial charge in [0.2, 0.25) is 0 Å². The van der Waals surface area contributed by atoms with Gasteiger partial charge in [0.05, 0.1) is 31.1 Å². The Balaban J connectivity index is 1.64. The fraction of sp³-hybridized carbons (Fsp3) is 0.565. The predicted octanol–water partition coefficient (Wildman–Crippen LogP) is 2.70. The molecule has 1 aromatic heterocycles. The van der Waals surface area contributed by atoms with Gasteiger partial charge >= 0.3 is 0 Å². The number of hydrogen-bond acceptors (Lipinski definition) is 4. The van der Waals surface area contributed by atoms with Crippen LogP contribution < -0.4 is 15.5 Å². The van der Waals surface area contributed by atoms with Crippen LogP contribution in [0, 0.1) is 19.7 Å². The minimum Gasteiger partial charge on any atom is -0.378 e. The number of nitrogens with one attached hydrogen (secondary N) is 2. The Hall–Kier alpha value is -2.61. The quantitative estimate of drug-likeness (QED) is 0.522. The molecule has 3 rings (SSSR count). The van der Waals surface area contributed by atoms with Crippen LogP contribution in [0.25, 0.3) is 0 Å². The summed E-state index contributed by atoms with van der Waals surface area (Å²) in [4.78, 5) is 6.70. The molecule has 1 fully saturated rings. The Bertz CT molecular complexity index is 904. The number of aromatic nitrogens is 2. The maximum atomic E-state index is 14.7. The van der Waals surface area contributed by atoms with E-state index in [4.69, 9.17) is 4.74 Å². The largest absolute Gasteiger partial charge is 0.378 e. The van der Waals surface area contributed by atoms with Gasteiger partial charge in [-0.2, -0.15) is 5.10 Å². The highest BCUT2D eigenvalue weighted by Crippen LogP contribution is 2.22. The van der Waals surface area contributed by atoms with Crippen LogP contribution in [0.3, 0.4) is 0 Å². The number of morpholine rings is 1. The lowest BCUT2D eigenvalue weighted by Gasteiger charge is -2.29. The molecule has 0 radical (unpaired) electrons. The highest BCUT2D eigenvalue weighted by Gasteiger charge is 2.16. The molecule has 170 valence electrons. The summed E-state index contributed by atoms with van der Waals surface area (Å²) in [6.45, 7) is 12.2. The topological polar surface area (TPSA) is 66.7 Å². The SMILES string of the molecule is CCNC(=NCc1ccc(N2CCOCC2)c(F)c1)NC(C)Cc1c(C)nn(C)c1C. The lowest BCUT2D eigenvalue weighted by molar-refractivity contribution is 0.122. The molecule has 0 spiro atoms. The average molecular weight is 431 g/mol. The van der Waals surface area contributed by atoms with Crippen molar-refractivity contribution < 1.29 is 9.13 Å². The van der Waals surface area contributed by atoms with Gasteiger partial charge in [0, 0.05) is 38.4 Å². The van der Waals surface area contributed by atoms with E-state index in [2.05, 4.69) is 34.6 Å². The number of anilines is 1. The highest BCUT2D eigenvalue weighted by atomic mass is 19.1. The standard InChI is InChI=1S/C23H35FN6O/c1-6-25-23(27-16(2)13-20-17(3)28-29(5)18(20)4)26-15-19-7-8-22(21(24)14-19)30-9-11-31-12-10-30/h7-8,14,16H,6,9-13,15H2,1-5H3,(H2,25,26,27). The van der Waals surface area contributed by atoms with Gasteiger partial charge in [-0.05, 0) is 57.4 Å². The lowest BCUT2D eigenvalue weighted by atomic mass is 10.1. The van der Waals surface area contributed by atoms with E-state index in [-0.39, 0.29) is 11.9 Å². The van der Waals surface area contributed by atoms with E-state index in [0.717, 1.165) is 43.3 Å². The number of hydrogen-bond donors (Lipinski definition) is 2. The Morgan fingerprint density at radius 3 is 2.65 bits per heavy atom. The molecule has 1 aromatic carbocycles. The lowest BCUT2D eigenvalue weighted by Crippen LogP contribution is -2.43. The molecular weight excluding hydrogens is 395 g/mol. The first kappa shape index (κ1) is 23.1. The second kappa shape index (κ2) is 10.6. The molecule has 0 aliphatic carbocycles. The average Bonchev–Trinajstić information content (AvgIpc) is 2.99. The number of aliphatic imine (C=N–C) groups is 1. The number of benzene rings is 1. The molecule has 1 saturated heterocycles. The number of aryl methyl sites for hydroxylation is 2. The van der Waals surface area contributed by atoms with E-state index in [1.807, 2.05) is 42.6 Å². The molecule has 1 aliphatic rings. The number of nitrogens with zero attached hydrogens (tertiary/aromatic N) is 4. The van der Waals surface area contributed by atoms with E-state index in [1.165, 1.54) is 11.3 Å².